The molecule has 0 aliphatic carbocycles. The van der Waals surface area contributed by atoms with Crippen LogP contribution in [-0.2, 0) is 6.54 Å². The lowest BCUT2D eigenvalue weighted by molar-refractivity contribution is 0.0987. The topological polar surface area (TPSA) is 47.3 Å². The summed E-state index contributed by atoms with van der Waals surface area (Å²) < 4.78 is 0. The highest BCUT2D eigenvalue weighted by Crippen LogP contribution is 2.22. The van der Waals surface area contributed by atoms with Crippen molar-refractivity contribution in [3.63, 3.8) is 0 Å². The first kappa shape index (κ1) is 21.7. The van der Waals surface area contributed by atoms with Crippen LogP contribution in [0.15, 0.2) is 42.5 Å². The summed E-state index contributed by atoms with van der Waals surface area (Å²) in [5.41, 5.74) is 5.00. The van der Waals surface area contributed by atoms with Crippen molar-refractivity contribution in [2.45, 2.75) is 53.6 Å². The summed E-state index contributed by atoms with van der Waals surface area (Å²) in [5, 5.41) is 9.01. The molecule has 148 valence electrons. The Morgan fingerprint density at radius 3 is 2.29 bits per heavy atom. The molecule has 0 saturated carbocycles. The Morgan fingerprint density at radius 2 is 1.75 bits per heavy atom. The van der Waals surface area contributed by atoms with Gasteiger partial charge in [0.2, 0.25) is 0 Å². The van der Waals surface area contributed by atoms with Crippen molar-refractivity contribution in [2.75, 3.05) is 18.0 Å². The molecule has 0 aromatic heterocycles. The Bertz CT molecular complexity index is 834. The number of benzene rings is 2. The lowest BCUT2D eigenvalue weighted by atomic mass is 10.1. The predicted molar refractivity (Wildman–Crippen MR) is 115 cm³/mol. The highest BCUT2D eigenvalue weighted by atomic mass is 16.2. The third-order valence-electron chi connectivity index (χ3n) is 5.22. The number of hydrogen-bond acceptors (Lipinski definition) is 3. The minimum atomic E-state index is -0.0683. The van der Waals surface area contributed by atoms with E-state index in [1.165, 1.54) is 11.1 Å². The van der Waals surface area contributed by atoms with E-state index in [-0.39, 0.29) is 5.91 Å². The maximum atomic E-state index is 13.2. The number of nitriles is 1. The van der Waals surface area contributed by atoms with Crippen molar-refractivity contribution in [1.29, 1.82) is 5.26 Å². The fraction of sp³-hybridized carbons (Fsp3) is 0.417. The van der Waals surface area contributed by atoms with Crippen LogP contribution in [-0.4, -0.2) is 29.9 Å². The molecule has 0 bridgehead atoms. The van der Waals surface area contributed by atoms with Gasteiger partial charge >= 0.3 is 0 Å². The smallest absolute Gasteiger partial charge is 0.258 e. The molecule has 0 unspecified atom stereocenters. The molecular weight excluding hydrogens is 346 g/mol. The predicted octanol–water partition coefficient (Wildman–Crippen LogP) is 5.09. The zero-order valence-corrected chi connectivity index (χ0v) is 17.7. The minimum Gasteiger partial charge on any atom is -0.307 e. The first-order chi connectivity index (χ1) is 13.4. The summed E-state index contributed by atoms with van der Waals surface area (Å²) in [6.45, 7) is 12.9. The molecule has 0 N–H and O–H groups in total. The second kappa shape index (κ2) is 10.1. The fourth-order valence-corrected chi connectivity index (χ4v) is 3.21. The molecule has 0 aliphatic rings. The Hall–Kier alpha value is -2.64. The summed E-state index contributed by atoms with van der Waals surface area (Å²) in [7, 11) is 0. The van der Waals surface area contributed by atoms with Crippen molar-refractivity contribution in [3.05, 3.63) is 64.7 Å². The standard InChI is InChI=1S/C24H31N3O/c1-6-26(18(2)3)17-21-9-11-22(12-10-21)24(28)27(15-7-14-25)23-13-8-19(4)20(5)16-23/h8-13,16,18H,6-7,15,17H2,1-5H3. The van der Waals surface area contributed by atoms with Crippen LogP contribution in [0.2, 0.25) is 0 Å². The number of carbonyl (C=O) groups is 1. The number of anilines is 1. The van der Waals surface area contributed by atoms with Gasteiger partial charge < -0.3 is 4.90 Å². The Kier molecular flexibility index (Phi) is 7.78. The quantitative estimate of drug-likeness (QED) is 0.643. The van der Waals surface area contributed by atoms with Crippen LogP contribution in [0, 0.1) is 25.2 Å². The molecule has 2 rings (SSSR count). The second-order valence-electron chi connectivity index (χ2n) is 7.49. The molecule has 28 heavy (non-hydrogen) atoms. The van der Waals surface area contributed by atoms with Gasteiger partial charge in [-0.2, -0.15) is 5.26 Å². The highest BCUT2D eigenvalue weighted by Gasteiger charge is 2.18. The van der Waals surface area contributed by atoms with Crippen LogP contribution >= 0.6 is 0 Å². The molecule has 0 aliphatic heterocycles. The number of nitrogens with zero attached hydrogens (tertiary/aromatic N) is 3. The van der Waals surface area contributed by atoms with Gasteiger partial charge in [0, 0.05) is 30.4 Å². The second-order valence-corrected chi connectivity index (χ2v) is 7.49. The Morgan fingerprint density at radius 1 is 1.07 bits per heavy atom. The van der Waals surface area contributed by atoms with Crippen LogP contribution in [0.3, 0.4) is 0 Å². The van der Waals surface area contributed by atoms with E-state index >= 15 is 0 Å². The lowest BCUT2D eigenvalue weighted by Crippen LogP contribution is -2.32. The van der Waals surface area contributed by atoms with E-state index in [2.05, 4.69) is 38.7 Å². The summed E-state index contributed by atoms with van der Waals surface area (Å²) in [6, 6.07) is 16.5. The van der Waals surface area contributed by atoms with Gasteiger partial charge in [-0.25, -0.2) is 0 Å². The maximum absolute atomic E-state index is 13.2. The SMILES string of the molecule is CCN(Cc1ccc(C(=O)N(CCC#N)c2ccc(C)c(C)c2)cc1)C(C)C. The largest absolute Gasteiger partial charge is 0.307 e. The molecule has 0 heterocycles. The molecule has 0 fully saturated rings. The molecular formula is C24H31N3O. The van der Waals surface area contributed by atoms with Gasteiger partial charge in [0.25, 0.3) is 5.91 Å². The van der Waals surface area contributed by atoms with Crippen molar-refractivity contribution in [1.82, 2.24) is 4.90 Å². The van der Waals surface area contributed by atoms with Crippen molar-refractivity contribution in [3.8, 4) is 6.07 Å². The van der Waals surface area contributed by atoms with E-state index in [1.807, 2.05) is 49.4 Å². The maximum Gasteiger partial charge on any atom is 0.258 e. The number of amides is 1. The average Bonchev–Trinajstić information content (AvgIpc) is 2.69. The molecule has 0 atom stereocenters. The monoisotopic (exact) mass is 377 g/mol. The zero-order valence-electron chi connectivity index (χ0n) is 17.7. The summed E-state index contributed by atoms with van der Waals surface area (Å²) >= 11 is 0. The van der Waals surface area contributed by atoms with E-state index in [1.54, 1.807) is 4.90 Å². The molecule has 0 radical (unpaired) electrons. The van der Waals surface area contributed by atoms with Gasteiger partial charge in [-0.05, 0) is 75.2 Å². The van der Waals surface area contributed by atoms with Crippen LogP contribution in [0.4, 0.5) is 5.69 Å². The van der Waals surface area contributed by atoms with E-state index in [0.717, 1.165) is 24.3 Å². The molecule has 1 amide bonds. The van der Waals surface area contributed by atoms with Gasteiger partial charge in [0.05, 0.1) is 12.5 Å². The molecule has 2 aromatic carbocycles. The van der Waals surface area contributed by atoms with E-state index < -0.39 is 0 Å². The van der Waals surface area contributed by atoms with Gasteiger partial charge in [0.15, 0.2) is 0 Å². The highest BCUT2D eigenvalue weighted by molar-refractivity contribution is 6.06. The van der Waals surface area contributed by atoms with Crippen molar-refractivity contribution >= 4 is 11.6 Å². The minimum absolute atomic E-state index is 0.0683. The molecule has 4 heteroatoms. The van der Waals surface area contributed by atoms with Crippen LogP contribution in [0.25, 0.3) is 0 Å². The average molecular weight is 378 g/mol. The third kappa shape index (κ3) is 5.43. The van der Waals surface area contributed by atoms with Crippen LogP contribution in [0.1, 0.15) is 54.2 Å². The van der Waals surface area contributed by atoms with Crippen LogP contribution in [0.5, 0.6) is 0 Å². The Labute approximate surface area is 169 Å². The number of carbonyl (C=O) groups excluding carboxylic acids is 1. The number of aryl methyl sites for hydroxylation is 2. The number of rotatable bonds is 8. The van der Waals surface area contributed by atoms with Gasteiger partial charge in [-0.3, -0.25) is 9.69 Å². The van der Waals surface area contributed by atoms with E-state index in [0.29, 0.717) is 24.6 Å². The molecule has 4 nitrogen and oxygen atoms in total. The van der Waals surface area contributed by atoms with Crippen molar-refractivity contribution < 1.29 is 4.79 Å². The summed E-state index contributed by atoms with van der Waals surface area (Å²) in [4.78, 5) is 17.2. The molecule has 2 aromatic rings. The molecule has 0 spiro atoms. The molecule has 0 saturated heterocycles. The third-order valence-corrected chi connectivity index (χ3v) is 5.22. The van der Waals surface area contributed by atoms with Gasteiger partial charge in [-0.15, -0.1) is 0 Å². The number of hydrogen-bond donors (Lipinski definition) is 0. The van der Waals surface area contributed by atoms with E-state index in [9.17, 15) is 4.79 Å². The van der Waals surface area contributed by atoms with Gasteiger partial charge in [0.1, 0.15) is 0 Å². The van der Waals surface area contributed by atoms with Crippen molar-refractivity contribution in [2.24, 2.45) is 0 Å². The lowest BCUT2D eigenvalue weighted by Gasteiger charge is -2.25. The summed E-state index contributed by atoms with van der Waals surface area (Å²) in [6.07, 6.45) is 0.302. The first-order valence-corrected chi connectivity index (χ1v) is 9.96. The van der Waals surface area contributed by atoms with Crippen LogP contribution < -0.4 is 4.90 Å². The zero-order chi connectivity index (χ0) is 20.7. The Balaban J connectivity index is 2.24. The normalized spacial score (nSPS) is 10.9. The summed E-state index contributed by atoms with van der Waals surface area (Å²) in [5.74, 6) is -0.0683. The fourth-order valence-electron chi connectivity index (χ4n) is 3.21. The first-order valence-electron chi connectivity index (χ1n) is 9.96. The van der Waals surface area contributed by atoms with E-state index in [4.69, 9.17) is 5.26 Å². The van der Waals surface area contributed by atoms with Gasteiger partial charge in [-0.1, -0.05) is 25.1 Å².